The average molecular weight is 393 g/mol. The molecule has 1 aromatic heterocycles. The van der Waals surface area contributed by atoms with Crippen LogP contribution in [0.15, 0.2) is 66.0 Å². The third kappa shape index (κ3) is 3.96. The van der Waals surface area contributed by atoms with E-state index in [2.05, 4.69) is 45.9 Å². The van der Waals surface area contributed by atoms with Crippen LogP contribution in [0.1, 0.15) is 27.6 Å². The van der Waals surface area contributed by atoms with Gasteiger partial charge < -0.3 is 10.1 Å². The van der Waals surface area contributed by atoms with Crippen molar-refractivity contribution in [3.63, 3.8) is 0 Å². The maximum atomic E-state index is 12.7. The van der Waals surface area contributed by atoms with Crippen molar-refractivity contribution in [2.24, 2.45) is 0 Å². The van der Waals surface area contributed by atoms with Gasteiger partial charge in [0.2, 0.25) is 5.91 Å². The second-order valence-corrected chi connectivity index (χ2v) is 7.92. The molecule has 0 bridgehead atoms. The molecule has 5 heteroatoms. The lowest BCUT2D eigenvalue weighted by Gasteiger charge is -2.35. The fraction of sp³-hybridized carbons (Fsp3) is 0.261. The van der Waals surface area contributed by atoms with E-state index in [0.29, 0.717) is 13.1 Å². The Kier molecular flexibility index (Phi) is 5.74. The third-order valence-corrected chi connectivity index (χ3v) is 6.19. The first kappa shape index (κ1) is 18.7. The molecule has 1 atom stereocenters. The van der Waals surface area contributed by atoms with Gasteiger partial charge in [0.15, 0.2) is 0 Å². The molecular formula is C23H24N2O2S. The first-order chi connectivity index (χ1) is 13.8. The van der Waals surface area contributed by atoms with Crippen LogP contribution in [0.3, 0.4) is 0 Å². The largest absolute Gasteiger partial charge is 0.496 e. The highest BCUT2D eigenvalue weighted by molar-refractivity contribution is 7.10. The number of ether oxygens (including phenoxy) is 1. The number of nitrogens with zero attached hydrogens (tertiary/aromatic N) is 1. The Morgan fingerprint density at radius 1 is 1.14 bits per heavy atom. The van der Waals surface area contributed by atoms with Crippen molar-refractivity contribution in [2.75, 3.05) is 20.2 Å². The highest BCUT2D eigenvalue weighted by Gasteiger charge is 2.30. The number of carbonyl (C=O) groups excluding carboxylic acids is 1. The summed E-state index contributed by atoms with van der Waals surface area (Å²) in [6, 6.07) is 20.6. The highest BCUT2D eigenvalue weighted by Crippen LogP contribution is 2.37. The van der Waals surface area contributed by atoms with Crippen LogP contribution in [0.25, 0.3) is 0 Å². The van der Waals surface area contributed by atoms with Crippen molar-refractivity contribution in [3.8, 4) is 5.75 Å². The molecule has 0 radical (unpaired) electrons. The zero-order chi connectivity index (χ0) is 19.3. The minimum Gasteiger partial charge on any atom is -0.496 e. The molecule has 1 aliphatic heterocycles. The van der Waals surface area contributed by atoms with Crippen molar-refractivity contribution in [1.29, 1.82) is 0 Å². The summed E-state index contributed by atoms with van der Waals surface area (Å²) in [5.74, 6) is 0.830. The van der Waals surface area contributed by atoms with Gasteiger partial charge in [0.1, 0.15) is 5.75 Å². The van der Waals surface area contributed by atoms with Gasteiger partial charge in [-0.05, 0) is 35.1 Å². The minimum atomic E-state index is 0.0329. The summed E-state index contributed by atoms with van der Waals surface area (Å²) in [5.41, 5.74) is 3.55. The Balaban J connectivity index is 1.48. The Bertz CT molecular complexity index is 939. The molecule has 28 heavy (non-hydrogen) atoms. The van der Waals surface area contributed by atoms with E-state index in [1.807, 2.05) is 41.7 Å². The first-order valence-electron chi connectivity index (χ1n) is 9.50. The lowest BCUT2D eigenvalue weighted by Crippen LogP contribution is -2.42. The summed E-state index contributed by atoms with van der Waals surface area (Å²) in [5, 5.41) is 5.21. The Hall–Kier alpha value is -2.63. The Labute approximate surface area is 169 Å². The molecule has 1 aliphatic rings. The Morgan fingerprint density at radius 3 is 2.75 bits per heavy atom. The van der Waals surface area contributed by atoms with Crippen LogP contribution >= 0.6 is 11.3 Å². The van der Waals surface area contributed by atoms with Gasteiger partial charge in [-0.3, -0.25) is 9.69 Å². The van der Waals surface area contributed by atoms with E-state index >= 15 is 0 Å². The molecule has 1 N–H and O–H groups in total. The molecule has 2 heterocycles. The molecule has 2 aromatic carbocycles. The summed E-state index contributed by atoms with van der Waals surface area (Å²) in [7, 11) is 1.65. The van der Waals surface area contributed by atoms with Crippen molar-refractivity contribution < 1.29 is 9.53 Å². The molecule has 1 amide bonds. The number of hydrogen-bond acceptors (Lipinski definition) is 4. The lowest BCUT2D eigenvalue weighted by molar-refractivity contribution is -0.122. The lowest BCUT2D eigenvalue weighted by atomic mass is 9.93. The SMILES string of the molecule is COc1ccccc1CNC(=O)CN1CCc2sccc2[C@H]1c1ccccc1. The Morgan fingerprint density at radius 2 is 1.93 bits per heavy atom. The second kappa shape index (κ2) is 8.59. The van der Waals surface area contributed by atoms with Crippen LogP contribution < -0.4 is 10.1 Å². The number of methoxy groups -OCH3 is 1. The summed E-state index contributed by atoms with van der Waals surface area (Å²) in [6.45, 7) is 1.73. The van der Waals surface area contributed by atoms with Gasteiger partial charge in [0.05, 0.1) is 19.7 Å². The molecule has 0 saturated carbocycles. The zero-order valence-corrected chi connectivity index (χ0v) is 16.7. The van der Waals surface area contributed by atoms with E-state index in [0.717, 1.165) is 24.3 Å². The van der Waals surface area contributed by atoms with E-state index in [9.17, 15) is 4.79 Å². The fourth-order valence-corrected chi connectivity index (χ4v) is 4.75. The molecule has 0 fully saturated rings. The highest BCUT2D eigenvalue weighted by atomic mass is 32.1. The summed E-state index contributed by atoms with van der Waals surface area (Å²) < 4.78 is 5.37. The molecule has 0 saturated heterocycles. The quantitative estimate of drug-likeness (QED) is 0.689. The van der Waals surface area contributed by atoms with Crippen LogP contribution in [0.4, 0.5) is 0 Å². The molecule has 4 nitrogen and oxygen atoms in total. The van der Waals surface area contributed by atoms with Gasteiger partial charge in [-0.2, -0.15) is 0 Å². The second-order valence-electron chi connectivity index (χ2n) is 6.92. The number of amides is 1. The summed E-state index contributed by atoms with van der Waals surface area (Å²) in [4.78, 5) is 16.4. The number of para-hydroxylation sites is 1. The molecule has 0 unspecified atom stereocenters. The van der Waals surface area contributed by atoms with Crippen molar-refractivity contribution in [1.82, 2.24) is 10.2 Å². The number of fused-ring (bicyclic) bond motifs is 1. The van der Waals surface area contributed by atoms with Crippen LogP contribution in [-0.4, -0.2) is 31.0 Å². The molecule has 0 aliphatic carbocycles. The van der Waals surface area contributed by atoms with E-state index in [-0.39, 0.29) is 11.9 Å². The van der Waals surface area contributed by atoms with Crippen molar-refractivity contribution >= 4 is 17.2 Å². The number of rotatable bonds is 6. The van der Waals surface area contributed by atoms with Crippen LogP contribution in [0.2, 0.25) is 0 Å². The van der Waals surface area contributed by atoms with Gasteiger partial charge >= 0.3 is 0 Å². The smallest absolute Gasteiger partial charge is 0.234 e. The zero-order valence-electron chi connectivity index (χ0n) is 15.9. The van der Waals surface area contributed by atoms with Gasteiger partial charge in [-0.1, -0.05) is 48.5 Å². The summed E-state index contributed by atoms with van der Waals surface area (Å²) >= 11 is 1.82. The molecule has 4 rings (SSSR count). The third-order valence-electron chi connectivity index (χ3n) is 5.20. The maximum Gasteiger partial charge on any atom is 0.234 e. The standard InChI is InChI=1S/C23H24N2O2S/c1-27-20-10-6-5-9-18(20)15-24-22(26)16-25-13-11-21-19(12-14-28-21)23(25)17-7-3-2-4-8-17/h2-10,12,14,23H,11,13,15-16H2,1H3,(H,24,26)/t23-/m1/s1. The van der Waals surface area contributed by atoms with E-state index in [1.165, 1.54) is 16.0 Å². The topological polar surface area (TPSA) is 41.6 Å². The van der Waals surface area contributed by atoms with Crippen molar-refractivity contribution in [3.05, 3.63) is 87.6 Å². The molecule has 3 aromatic rings. The van der Waals surface area contributed by atoms with Crippen molar-refractivity contribution in [2.45, 2.75) is 19.0 Å². The van der Waals surface area contributed by atoms with Gasteiger partial charge in [-0.25, -0.2) is 0 Å². The number of hydrogen-bond donors (Lipinski definition) is 1. The van der Waals surface area contributed by atoms with Gasteiger partial charge in [0.25, 0.3) is 0 Å². The van der Waals surface area contributed by atoms with Crippen LogP contribution in [0, 0.1) is 0 Å². The van der Waals surface area contributed by atoms with E-state index < -0.39 is 0 Å². The summed E-state index contributed by atoms with van der Waals surface area (Å²) in [6.07, 6.45) is 0.996. The normalized spacial score (nSPS) is 16.4. The van der Waals surface area contributed by atoms with E-state index in [1.54, 1.807) is 7.11 Å². The molecule has 144 valence electrons. The number of benzene rings is 2. The molecular weight excluding hydrogens is 368 g/mol. The van der Waals surface area contributed by atoms with E-state index in [4.69, 9.17) is 4.74 Å². The number of carbonyl (C=O) groups is 1. The number of thiophene rings is 1. The first-order valence-corrected chi connectivity index (χ1v) is 10.4. The average Bonchev–Trinajstić information content (AvgIpc) is 3.21. The predicted octanol–water partition coefficient (Wildman–Crippen LogP) is 4.02. The van der Waals surface area contributed by atoms with Gasteiger partial charge in [0, 0.05) is 23.5 Å². The number of nitrogens with one attached hydrogen (secondary N) is 1. The molecule has 0 spiro atoms. The monoisotopic (exact) mass is 392 g/mol. The minimum absolute atomic E-state index is 0.0329. The van der Waals surface area contributed by atoms with Crippen LogP contribution in [-0.2, 0) is 17.8 Å². The van der Waals surface area contributed by atoms with Crippen LogP contribution in [0.5, 0.6) is 5.75 Å². The van der Waals surface area contributed by atoms with Gasteiger partial charge in [-0.15, -0.1) is 11.3 Å². The predicted molar refractivity (Wildman–Crippen MR) is 113 cm³/mol. The fourth-order valence-electron chi connectivity index (χ4n) is 3.85. The maximum absolute atomic E-state index is 12.7.